The van der Waals surface area contributed by atoms with E-state index in [0.717, 1.165) is 25.0 Å². The Morgan fingerprint density at radius 1 is 1.31 bits per heavy atom. The van der Waals surface area contributed by atoms with E-state index >= 15 is 0 Å². The van der Waals surface area contributed by atoms with Crippen molar-refractivity contribution in [2.45, 2.75) is 18.9 Å². The standard InChI is InChI=1S/C9H9Cl2NO/c10-8-4-6(5-9(11)12-8)7-2-1-3-13-7/h4-5,7H,1-3H2. The number of halogens is 2. The molecular weight excluding hydrogens is 209 g/mol. The van der Waals surface area contributed by atoms with Crippen LogP contribution in [0.3, 0.4) is 0 Å². The summed E-state index contributed by atoms with van der Waals surface area (Å²) in [7, 11) is 0. The highest BCUT2D eigenvalue weighted by atomic mass is 35.5. The van der Waals surface area contributed by atoms with E-state index in [1.54, 1.807) is 0 Å². The second kappa shape index (κ2) is 3.82. The van der Waals surface area contributed by atoms with Gasteiger partial charge in [-0.1, -0.05) is 23.2 Å². The van der Waals surface area contributed by atoms with Crippen LogP contribution in [0.2, 0.25) is 10.3 Å². The van der Waals surface area contributed by atoms with Gasteiger partial charge in [0.15, 0.2) is 0 Å². The third kappa shape index (κ3) is 2.13. The first-order chi connectivity index (χ1) is 6.25. The second-order valence-corrected chi connectivity index (χ2v) is 3.82. The van der Waals surface area contributed by atoms with Crippen molar-refractivity contribution in [1.29, 1.82) is 0 Å². The zero-order chi connectivity index (χ0) is 9.26. The Kier molecular flexibility index (Phi) is 2.72. The molecule has 0 amide bonds. The molecule has 2 rings (SSSR count). The average Bonchev–Trinajstić information content (AvgIpc) is 2.53. The third-order valence-electron chi connectivity index (χ3n) is 2.09. The smallest absolute Gasteiger partial charge is 0.131 e. The molecule has 70 valence electrons. The maximum atomic E-state index is 5.78. The molecule has 0 aromatic carbocycles. The summed E-state index contributed by atoms with van der Waals surface area (Å²) in [6.45, 7) is 0.822. The van der Waals surface area contributed by atoms with Crippen LogP contribution in [-0.2, 0) is 4.74 Å². The quantitative estimate of drug-likeness (QED) is 0.675. The summed E-state index contributed by atoms with van der Waals surface area (Å²) in [5.41, 5.74) is 1.03. The maximum Gasteiger partial charge on any atom is 0.131 e. The molecule has 2 heterocycles. The van der Waals surface area contributed by atoms with Gasteiger partial charge in [-0.15, -0.1) is 0 Å². The van der Waals surface area contributed by atoms with Gasteiger partial charge in [0.25, 0.3) is 0 Å². The first-order valence-electron chi connectivity index (χ1n) is 4.20. The molecule has 1 fully saturated rings. The molecule has 0 saturated carbocycles. The van der Waals surface area contributed by atoms with E-state index in [1.807, 2.05) is 12.1 Å². The number of nitrogens with zero attached hydrogens (tertiary/aromatic N) is 1. The second-order valence-electron chi connectivity index (χ2n) is 3.05. The van der Waals surface area contributed by atoms with Crippen molar-refractivity contribution in [2.24, 2.45) is 0 Å². The predicted molar refractivity (Wildman–Crippen MR) is 52.2 cm³/mol. The lowest BCUT2D eigenvalue weighted by Gasteiger charge is -2.09. The summed E-state index contributed by atoms with van der Waals surface area (Å²) in [5, 5.41) is 0.857. The number of ether oxygens (including phenoxy) is 1. The van der Waals surface area contributed by atoms with Gasteiger partial charge in [-0.3, -0.25) is 0 Å². The normalized spacial score (nSPS) is 22.2. The summed E-state index contributed by atoms with van der Waals surface area (Å²) in [5.74, 6) is 0. The largest absolute Gasteiger partial charge is 0.374 e. The number of rotatable bonds is 1. The van der Waals surface area contributed by atoms with Gasteiger partial charge in [0.1, 0.15) is 10.3 Å². The molecule has 1 aliphatic heterocycles. The van der Waals surface area contributed by atoms with Crippen molar-refractivity contribution in [2.75, 3.05) is 6.61 Å². The highest BCUT2D eigenvalue weighted by Crippen LogP contribution is 2.30. The Bertz CT molecular complexity index is 290. The molecule has 1 aliphatic rings. The first kappa shape index (κ1) is 9.25. The van der Waals surface area contributed by atoms with Gasteiger partial charge in [0.05, 0.1) is 6.10 Å². The van der Waals surface area contributed by atoms with Crippen molar-refractivity contribution < 1.29 is 4.74 Å². The summed E-state index contributed by atoms with van der Waals surface area (Å²) in [6, 6.07) is 3.62. The molecule has 0 aliphatic carbocycles. The first-order valence-corrected chi connectivity index (χ1v) is 4.96. The lowest BCUT2D eigenvalue weighted by Crippen LogP contribution is -1.96. The van der Waals surface area contributed by atoms with Crippen LogP contribution >= 0.6 is 23.2 Å². The maximum absolute atomic E-state index is 5.78. The van der Waals surface area contributed by atoms with E-state index in [2.05, 4.69) is 4.98 Å². The van der Waals surface area contributed by atoms with Crippen molar-refractivity contribution >= 4 is 23.2 Å². The molecule has 2 nitrogen and oxygen atoms in total. The highest BCUT2D eigenvalue weighted by molar-refractivity contribution is 6.32. The fourth-order valence-electron chi connectivity index (χ4n) is 1.51. The SMILES string of the molecule is Clc1cc(C2CCCO2)cc(Cl)n1. The van der Waals surface area contributed by atoms with E-state index < -0.39 is 0 Å². The fourth-order valence-corrected chi connectivity index (χ4v) is 1.99. The van der Waals surface area contributed by atoms with Crippen LogP contribution in [0.4, 0.5) is 0 Å². The lowest BCUT2D eigenvalue weighted by atomic mass is 10.1. The topological polar surface area (TPSA) is 22.1 Å². The van der Waals surface area contributed by atoms with Gasteiger partial charge in [-0.25, -0.2) is 4.98 Å². The molecule has 1 aromatic rings. The Morgan fingerprint density at radius 3 is 2.54 bits per heavy atom. The van der Waals surface area contributed by atoms with Gasteiger partial charge in [-0.2, -0.15) is 0 Å². The molecule has 1 atom stereocenters. The molecule has 1 saturated heterocycles. The van der Waals surface area contributed by atoms with Crippen molar-refractivity contribution in [3.63, 3.8) is 0 Å². The van der Waals surface area contributed by atoms with Crippen LogP contribution in [-0.4, -0.2) is 11.6 Å². The predicted octanol–water partition coefficient (Wildman–Crippen LogP) is 3.24. The minimum absolute atomic E-state index is 0.151. The van der Waals surface area contributed by atoms with Crippen LogP contribution in [0.5, 0.6) is 0 Å². The monoisotopic (exact) mass is 217 g/mol. The molecular formula is C9H9Cl2NO. The van der Waals surface area contributed by atoms with Crippen molar-refractivity contribution in [1.82, 2.24) is 4.98 Å². The number of aromatic nitrogens is 1. The molecule has 0 bridgehead atoms. The zero-order valence-electron chi connectivity index (χ0n) is 6.96. The average molecular weight is 218 g/mol. The Balaban J connectivity index is 2.28. The minimum Gasteiger partial charge on any atom is -0.374 e. The number of hydrogen-bond donors (Lipinski definition) is 0. The lowest BCUT2D eigenvalue weighted by molar-refractivity contribution is 0.112. The number of hydrogen-bond acceptors (Lipinski definition) is 2. The van der Waals surface area contributed by atoms with E-state index in [-0.39, 0.29) is 6.10 Å². The van der Waals surface area contributed by atoms with Crippen LogP contribution in [0.25, 0.3) is 0 Å². The van der Waals surface area contributed by atoms with Crippen LogP contribution in [0, 0.1) is 0 Å². The fraction of sp³-hybridized carbons (Fsp3) is 0.444. The number of pyridine rings is 1. The minimum atomic E-state index is 0.151. The van der Waals surface area contributed by atoms with Gasteiger partial charge < -0.3 is 4.74 Å². The van der Waals surface area contributed by atoms with E-state index in [0.29, 0.717) is 10.3 Å². The molecule has 4 heteroatoms. The van der Waals surface area contributed by atoms with Crippen molar-refractivity contribution in [3.05, 3.63) is 28.0 Å². The molecule has 0 spiro atoms. The van der Waals surface area contributed by atoms with Crippen LogP contribution < -0.4 is 0 Å². The van der Waals surface area contributed by atoms with Crippen LogP contribution in [0.15, 0.2) is 12.1 Å². The molecule has 13 heavy (non-hydrogen) atoms. The molecule has 0 radical (unpaired) electrons. The van der Waals surface area contributed by atoms with Gasteiger partial charge >= 0.3 is 0 Å². The van der Waals surface area contributed by atoms with Crippen molar-refractivity contribution in [3.8, 4) is 0 Å². The molecule has 1 unspecified atom stereocenters. The summed E-state index contributed by atoms with van der Waals surface area (Å²) < 4.78 is 5.50. The highest BCUT2D eigenvalue weighted by Gasteiger charge is 2.18. The van der Waals surface area contributed by atoms with E-state index in [4.69, 9.17) is 27.9 Å². The zero-order valence-corrected chi connectivity index (χ0v) is 8.48. The van der Waals surface area contributed by atoms with E-state index in [1.165, 1.54) is 0 Å². The summed E-state index contributed by atoms with van der Waals surface area (Å²) in [6.07, 6.45) is 2.29. The molecule has 1 aromatic heterocycles. The Labute approximate surface area is 86.8 Å². The molecule has 0 N–H and O–H groups in total. The van der Waals surface area contributed by atoms with Gasteiger partial charge in [-0.05, 0) is 30.5 Å². The third-order valence-corrected chi connectivity index (χ3v) is 2.47. The van der Waals surface area contributed by atoms with E-state index in [9.17, 15) is 0 Å². The van der Waals surface area contributed by atoms with Crippen LogP contribution in [0.1, 0.15) is 24.5 Å². The van der Waals surface area contributed by atoms with Gasteiger partial charge in [0, 0.05) is 6.61 Å². The Morgan fingerprint density at radius 2 is 2.00 bits per heavy atom. The summed E-state index contributed by atoms with van der Waals surface area (Å²) >= 11 is 11.6. The Hall–Kier alpha value is -0.310. The van der Waals surface area contributed by atoms with Gasteiger partial charge in [0.2, 0.25) is 0 Å². The summed E-state index contributed by atoms with van der Waals surface area (Å²) in [4.78, 5) is 3.88.